The average Bonchev–Trinajstić information content (AvgIpc) is 2.39. The molecule has 0 saturated carbocycles. The Morgan fingerprint density at radius 3 is 2.59 bits per heavy atom. The number of carbonyl (C=O) groups is 1. The lowest BCUT2D eigenvalue weighted by Gasteiger charge is -2.26. The fourth-order valence-corrected chi connectivity index (χ4v) is 1.81. The van der Waals surface area contributed by atoms with E-state index in [-0.39, 0.29) is 18.4 Å². The van der Waals surface area contributed by atoms with Crippen LogP contribution in [0.2, 0.25) is 0 Å². The van der Waals surface area contributed by atoms with Gasteiger partial charge in [0.1, 0.15) is 0 Å². The maximum absolute atomic E-state index is 12.5. The van der Waals surface area contributed by atoms with Crippen molar-refractivity contribution in [1.82, 2.24) is 14.9 Å². The third-order valence-corrected chi connectivity index (χ3v) is 2.73. The molecule has 0 aliphatic carbocycles. The molecule has 2 rings (SSSR count). The zero-order chi connectivity index (χ0) is 12.1. The lowest BCUT2D eigenvalue weighted by atomic mass is 10.1. The molecule has 0 aromatic carbocycles. The molecule has 1 aromatic heterocycles. The summed E-state index contributed by atoms with van der Waals surface area (Å²) in [5.41, 5.74) is 0. The van der Waals surface area contributed by atoms with Gasteiger partial charge in [-0.2, -0.15) is 0 Å². The fourth-order valence-electron chi connectivity index (χ4n) is 1.81. The molecule has 1 fully saturated rings. The minimum absolute atomic E-state index is 0.0395. The maximum Gasteiger partial charge on any atom is 0.241 e. The molecule has 0 unspecified atom stereocenters. The summed E-state index contributed by atoms with van der Waals surface area (Å²) in [6.07, 6.45) is 5.47. The minimum atomic E-state index is -0.488. The lowest BCUT2D eigenvalue weighted by molar-refractivity contribution is -0.130. The number of amides is 1. The van der Waals surface area contributed by atoms with Gasteiger partial charge in [0, 0.05) is 13.1 Å². The van der Waals surface area contributed by atoms with Gasteiger partial charge in [0.15, 0.2) is 5.82 Å². The van der Waals surface area contributed by atoms with Gasteiger partial charge in [-0.3, -0.25) is 4.79 Å². The van der Waals surface area contributed by atoms with E-state index in [1.165, 1.54) is 6.42 Å². The minimum Gasteiger partial charge on any atom is -0.345 e. The zero-order valence-corrected chi connectivity index (χ0v) is 9.53. The smallest absolute Gasteiger partial charge is 0.241 e. The average molecular weight is 238 g/mol. The van der Waals surface area contributed by atoms with Crippen molar-refractivity contribution in [2.45, 2.75) is 19.3 Å². The molecular formula is C11H15FN4O. The van der Waals surface area contributed by atoms with Gasteiger partial charge in [-0.15, -0.1) is 0 Å². The Hall–Kier alpha value is -1.72. The van der Waals surface area contributed by atoms with Crippen LogP contribution in [0.25, 0.3) is 0 Å². The molecule has 92 valence electrons. The van der Waals surface area contributed by atoms with Crippen molar-refractivity contribution in [1.29, 1.82) is 0 Å². The quantitative estimate of drug-likeness (QED) is 0.854. The van der Waals surface area contributed by atoms with Gasteiger partial charge in [-0.05, 0) is 19.3 Å². The molecule has 1 aromatic rings. The van der Waals surface area contributed by atoms with E-state index in [1.807, 2.05) is 4.90 Å². The first-order valence-corrected chi connectivity index (χ1v) is 5.75. The highest BCUT2D eigenvalue weighted by atomic mass is 19.1. The maximum atomic E-state index is 12.5. The van der Waals surface area contributed by atoms with Crippen molar-refractivity contribution in [3.8, 4) is 0 Å². The topological polar surface area (TPSA) is 58.1 Å². The predicted molar refractivity (Wildman–Crippen MR) is 60.9 cm³/mol. The third kappa shape index (κ3) is 3.37. The first-order chi connectivity index (χ1) is 8.25. The molecule has 0 bridgehead atoms. The number of likely N-dealkylation sites (tertiary alicyclic amines) is 1. The van der Waals surface area contributed by atoms with E-state index >= 15 is 0 Å². The van der Waals surface area contributed by atoms with Crippen LogP contribution in [0.4, 0.5) is 10.3 Å². The van der Waals surface area contributed by atoms with Crippen molar-refractivity contribution >= 4 is 11.9 Å². The van der Waals surface area contributed by atoms with E-state index < -0.39 is 5.82 Å². The molecule has 1 aliphatic rings. The van der Waals surface area contributed by atoms with E-state index in [9.17, 15) is 9.18 Å². The number of nitrogens with one attached hydrogen (secondary N) is 1. The second kappa shape index (κ2) is 5.56. The molecule has 0 atom stereocenters. The predicted octanol–water partition coefficient (Wildman–Crippen LogP) is 1.04. The number of hydrogen-bond acceptors (Lipinski definition) is 4. The Morgan fingerprint density at radius 1 is 1.29 bits per heavy atom. The van der Waals surface area contributed by atoms with Gasteiger partial charge >= 0.3 is 0 Å². The molecule has 17 heavy (non-hydrogen) atoms. The zero-order valence-electron chi connectivity index (χ0n) is 9.53. The Morgan fingerprint density at radius 2 is 1.94 bits per heavy atom. The summed E-state index contributed by atoms with van der Waals surface area (Å²) >= 11 is 0. The van der Waals surface area contributed by atoms with Crippen molar-refractivity contribution in [2.75, 3.05) is 25.0 Å². The molecule has 2 heterocycles. The lowest BCUT2D eigenvalue weighted by Crippen LogP contribution is -2.39. The number of rotatable bonds is 3. The number of anilines is 1. The number of carbonyl (C=O) groups excluding carboxylic acids is 1. The Balaban J connectivity index is 1.81. The fraction of sp³-hybridized carbons (Fsp3) is 0.545. The standard InChI is InChI=1S/C11H15FN4O/c12-9-6-13-11(14-7-9)15-8-10(17)16-4-2-1-3-5-16/h6-7H,1-5,8H2,(H,13,14,15). The van der Waals surface area contributed by atoms with Gasteiger partial charge in [0.2, 0.25) is 11.9 Å². The first-order valence-electron chi connectivity index (χ1n) is 5.75. The van der Waals surface area contributed by atoms with E-state index in [0.717, 1.165) is 38.3 Å². The summed E-state index contributed by atoms with van der Waals surface area (Å²) in [4.78, 5) is 21.1. The van der Waals surface area contributed by atoms with Crippen LogP contribution in [0.15, 0.2) is 12.4 Å². The third-order valence-electron chi connectivity index (χ3n) is 2.73. The van der Waals surface area contributed by atoms with Crippen LogP contribution in [0.3, 0.4) is 0 Å². The number of halogens is 1. The molecule has 5 nitrogen and oxygen atoms in total. The molecule has 0 spiro atoms. The summed E-state index contributed by atoms with van der Waals surface area (Å²) in [6.45, 7) is 1.81. The summed E-state index contributed by atoms with van der Waals surface area (Å²) < 4.78 is 12.5. The second-order valence-electron chi connectivity index (χ2n) is 4.02. The van der Waals surface area contributed by atoms with Crippen LogP contribution in [0.5, 0.6) is 0 Å². The van der Waals surface area contributed by atoms with Crippen molar-refractivity contribution < 1.29 is 9.18 Å². The van der Waals surface area contributed by atoms with Crippen LogP contribution in [0, 0.1) is 5.82 Å². The summed E-state index contributed by atoms with van der Waals surface area (Å²) in [5, 5.41) is 2.79. The molecule has 6 heteroatoms. The second-order valence-corrected chi connectivity index (χ2v) is 4.02. The number of hydrogen-bond donors (Lipinski definition) is 1. The highest BCUT2D eigenvalue weighted by Crippen LogP contribution is 2.08. The van der Waals surface area contributed by atoms with Gasteiger partial charge < -0.3 is 10.2 Å². The van der Waals surface area contributed by atoms with Crippen LogP contribution in [0.1, 0.15) is 19.3 Å². The van der Waals surface area contributed by atoms with Crippen molar-refractivity contribution in [2.24, 2.45) is 0 Å². The monoisotopic (exact) mass is 238 g/mol. The first kappa shape index (κ1) is 11.8. The van der Waals surface area contributed by atoms with Gasteiger partial charge in [-0.1, -0.05) is 0 Å². The Labute approximate surface area is 99.1 Å². The molecule has 1 saturated heterocycles. The number of aromatic nitrogens is 2. The van der Waals surface area contributed by atoms with Crippen LogP contribution >= 0.6 is 0 Å². The highest BCUT2D eigenvalue weighted by Gasteiger charge is 2.15. The SMILES string of the molecule is O=C(CNc1ncc(F)cn1)N1CCCCC1. The summed E-state index contributed by atoms with van der Waals surface area (Å²) in [6, 6.07) is 0. The van der Waals surface area contributed by atoms with Crippen LogP contribution in [-0.4, -0.2) is 40.4 Å². The normalized spacial score (nSPS) is 15.7. The van der Waals surface area contributed by atoms with E-state index in [1.54, 1.807) is 0 Å². The summed E-state index contributed by atoms with van der Waals surface area (Å²) in [7, 11) is 0. The largest absolute Gasteiger partial charge is 0.345 e. The molecule has 1 amide bonds. The van der Waals surface area contributed by atoms with Gasteiger partial charge in [0.25, 0.3) is 0 Å². The molecule has 1 N–H and O–H groups in total. The van der Waals surface area contributed by atoms with E-state index in [2.05, 4.69) is 15.3 Å². The van der Waals surface area contributed by atoms with Crippen molar-refractivity contribution in [3.63, 3.8) is 0 Å². The number of nitrogens with zero attached hydrogens (tertiary/aromatic N) is 3. The molecular weight excluding hydrogens is 223 g/mol. The summed E-state index contributed by atoms with van der Waals surface area (Å²) in [5.74, 6) is -0.174. The number of piperidine rings is 1. The molecule has 1 aliphatic heterocycles. The highest BCUT2D eigenvalue weighted by molar-refractivity contribution is 5.80. The Bertz CT molecular complexity index is 376. The van der Waals surface area contributed by atoms with E-state index in [4.69, 9.17) is 0 Å². The molecule has 0 radical (unpaired) electrons. The van der Waals surface area contributed by atoms with E-state index in [0.29, 0.717) is 0 Å². The van der Waals surface area contributed by atoms with Gasteiger partial charge in [0.05, 0.1) is 18.9 Å². The van der Waals surface area contributed by atoms with Gasteiger partial charge in [-0.25, -0.2) is 14.4 Å². The van der Waals surface area contributed by atoms with Crippen molar-refractivity contribution in [3.05, 3.63) is 18.2 Å². The van der Waals surface area contributed by atoms with Crippen LogP contribution in [-0.2, 0) is 4.79 Å². The van der Waals surface area contributed by atoms with Crippen LogP contribution < -0.4 is 5.32 Å². The Kier molecular flexibility index (Phi) is 3.85.